The summed E-state index contributed by atoms with van der Waals surface area (Å²) < 4.78 is 0. The number of likely N-dealkylation sites (tertiary alicyclic amines) is 1. The molecule has 5 fully saturated rings. The molecule has 1 heterocycles. The summed E-state index contributed by atoms with van der Waals surface area (Å²) >= 11 is 0. The third-order valence-corrected chi connectivity index (χ3v) is 6.85. The van der Waals surface area contributed by atoms with Crippen molar-refractivity contribution in [3.63, 3.8) is 0 Å². The first-order valence-corrected chi connectivity index (χ1v) is 9.16. The van der Waals surface area contributed by atoms with Crippen LogP contribution in [0.4, 0.5) is 0 Å². The number of carbonyl (C=O) groups excluding carboxylic acids is 2. The van der Waals surface area contributed by atoms with Crippen molar-refractivity contribution in [2.45, 2.75) is 57.9 Å². The Morgan fingerprint density at radius 3 is 1.95 bits per heavy atom. The van der Waals surface area contributed by atoms with Crippen LogP contribution in [-0.2, 0) is 9.59 Å². The summed E-state index contributed by atoms with van der Waals surface area (Å²) in [6.45, 7) is 3.11. The zero-order valence-electron chi connectivity index (χ0n) is 13.6. The number of amides is 2. The van der Waals surface area contributed by atoms with Crippen LogP contribution in [0.3, 0.4) is 0 Å². The number of nitrogens with zero attached hydrogens (tertiary/aromatic N) is 1. The monoisotopic (exact) mass is 304 g/mol. The lowest BCUT2D eigenvalue weighted by atomic mass is 9.54. The van der Waals surface area contributed by atoms with Gasteiger partial charge in [0.1, 0.15) is 0 Å². The quantitative estimate of drug-likeness (QED) is 0.850. The summed E-state index contributed by atoms with van der Waals surface area (Å²) in [5.74, 6) is 3.92. The van der Waals surface area contributed by atoms with E-state index < -0.39 is 0 Å². The maximum Gasteiger partial charge on any atom is 0.223 e. The first-order chi connectivity index (χ1) is 10.6. The molecule has 4 nitrogen and oxygen atoms in total. The summed E-state index contributed by atoms with van der Waals surface area (Å²) in [6.07, 6.45) is 8.51. The first kappa shape index (κ1) is 14.5. The summed E-state index contributed by atoms with van der Waals surface area (Å²) in [7, 11) is 0. The number of nitrogens with one attached hydrogen (secondary N) is 1. The Balaban J connectivity index is 1.34. The lowest BCUT2D eigenvalue weighted by Gasteiger charge is -2.54. The lowest BCUT2D eigenvalue weighted by Crippen LogP contribution is -2.57. The fourth-order valence-corrected chi connectivity index (χ4v) is 5.90. The van der Waals surface area contributed by atoms with Crippen molar-refractivity contribution in [2.24, 2.45) is 29.6 Å². The molecule has 0 aromatic rings. The molecule has 5 aliphatic rings. The molecule has 0 aromatic heterocycles. The predicted octanol–water partition coefficient (Wildman–Crippen LogP) is 2.19. The third kappa shape index (κ3) is 2.55. The molecule has 122 valence electrons. The van der Waals surface area contributed by atoms with E-state index in [1.54, 1.807) is 6.92 Å². The van der Waals surface area contributed by atoms with Gasteiger partial charge in [-0.2, -0.15) is 0 Å². The van der Waals surface area contributed by atoms with Crippen molar-refractivity contribution >= 4 is 11.8 Å². The molecule has 4 aliphatic carbocycles. The Labute approximate surface area is 133 Å². The SMILES string of the molecule is CC(=O)N1CCC(C(=O)NC2C3CC4CC(C3)CC2C4)CC1. The van der Waals surface area contributed by atoms with Gasteiger partial charge >= 0.3 is 0 Å². The second-order valence-corrected chi connectivity index (χ2v) is 8.25. The molecule has 22 heavy (non-hydrogen) atoms. The molecule has 0 atom stereocenters. The molecule has 0 radical (unpaired) electrons. The zero-order chi connectivity index (χ0) is 15.3. The van der Waals surface area contributed by atoms with E-state index in [-0.39, 0.29) is 17.7 Å². The van der Waals surface area contributed by atoms with Crippen molar-refractivity contribution in [1.82, 2.24) is 10.2 Å². The molecular weight excluding hydrogens is 276 g/mol. The Morgan fingerprint density at radius 1 is 0.909 bits per heavy atom. The molecule has 2 amide bonds. The van der Waals surface area contributed by atoms with Crippen LogP contribution in [0, 0.1) is 29.6 Å². The Morgan fingerprint density at radius 2 is 1.45 bits per heavy atom. The normalized spacial score (nSPS) is 40.8. The van der Waals surface area contributed by atoms with Crippen molar-refractivity contribution in [3.8, 4) is 0 Å². The van der Waals surface area contributed by atoms with E-state index in [2.05, 4.69) is 5.32 Å². The fraction of sp³-hybridized carbons (Fsp3) is 0.889. The van der Waals surface area contributed by atoms with Gasteiger partial charge in [0, 0.05) is 32.0 Å². The minimum absolute atomic E-state index is 0.118. The number of hydrogen-bond donors (Lipinski definition) is 1. The highest BCUT2D eigenvalue weighted by molar-refractivity contribution is 5.80. The van der Waals surface area contributed by atoms with Gasteiger partial charge in [-0.15, -0.1) is 0 Å². The Bertz CT molecular complexity index is 440. The van der Waals surface area contributed by atoms with Gasteiger partial charge in [0.05, 0.1) is 0 Å². The zero-order valence-corrected chi connectivity index (χ0v) is 13.6. The van der Waals surface area contributed by atoms with Gasteiger partial charge in [-0.25, -0.2) is 0 Å². The standard InChI is InChI=1S/C18H28N2O2/c1-11(21)20-4-2-14(3-5-20)18(22)19-17-15-7-12-6-13(9-15)10-16(17)8-12/h12-17H,2-10H2,1H3,(H,19,22). The number of rotatable bonds is 2. The molecular formula is C18H28N2O2. The maximum atomic E-state index is 12.7. The molecule has 4 bridgehead atoms. The molecule has 1 saturated heterocycles. The van der Waals surface area contributed by atoms with Gasteiger partial charge in [0.2, 0.25) is 11.8 Å². The predicted molar refractivity (Wildman–Crippen MR) is 84.0 cm³/mol. The van der Waals surface area contributed by atoms with Crippen molar-refractivity contribution in [3.05, 3.63) is 0 Å². The van der Waals surface area contributed by atoms with Crippen LogP contribution in [0.15, 0.2) is 0 Å². The average molecular weight is 304 g/mol. The highest BCUT2D eigenvalue weighted by Gasteiger charge is 2.48. The second-order valence-electron chi connectivity index (χ2n) is 8.25. The highest BCUT2D eigenvalue weighted by Crippen LogP contribution is 2.53. The molecule has 4 saturated carbocycles. The summed E-state index contributed by atoms with van der Waals surface area (Å²) in [4.78, 5) is 25.9. The minimum atomic E-state index is 0.118. The van der Waals surface area contributed by atoms with Gasteiger partial charge in [0.25, 0.3) is 0 Å². The van der Waals surface area contributed by atoms with E-state index >= 15 is 0 Å². The highest BCUT2D eigenvalue weighted by atomic mass is 16.2. The van der Waals surface area contributed by atoms with E-state index in [0.717, 1.165) is 49.6 Å². The van der Waals surface area contributed by atoms with Crippen LogP contribution < -0.4 is 5.32 Å². The van der Waals surface area contributed by atoms with Crippen LogP contribution in [0.5, 0.6) is 0 Å². The largest absolute Gasteiger partial charge is 0.353 e. The van der Waals surface area contributed by atoms with Crippen LogP contribution in [-0.4, -0.2) is 35.8 Å². The summed E-state index contributed by atoms with van der Waals surface area (Å²) in [5.41, 5.74) is 0. The van der Waals surface area contributed by atoms with Gasteiger partial charge in [-0.3, -0.25) is 9.59 Å². The van der Waals surface area contributed by atoms with E-state index in [9.17, 15) is 9.59 Å². The number of piperidine rings is 1. The Hall–Kier alpha value is -1.06. The van der Waals surface area contributed by atoms with E-state index in [0.29, 0.717) is 6.04 Å². The molecule has 0 aromatic carbocycles. The number of carbonyl (C=O) groups is 2. The van der Waals surface area contributed by atoms with Gasteiger partial charge in [-0.05, 0) is 68.6 Å². The van der Waals surface area contributed by atoms with Crippen LogP contribution in [0.25, 0.3) is 0 Å². The van der Waals surface area contributed by atoms with E-state index in [4.69, 9.17) is 0 Å². The lowest BCUT2D eigenvalue weighted by molar-refractivity contribution is -0.135. The first-order valence-electron chi connectivity index (χ1n) is 9.16. The topological polar surface area (TPSA) is 49.4 Å². The van der Waals surface area contributed by atoms with Crippen molar-refractivity contribution in [2.75, 3.05) is 13.1 Å². The summed E-state index contributed by atoms with van der Waals surface area (Å²) in [6, 6.07) is 0.450. The molecule has 1 N–H and O–H groups in total. The Kier molecular flexibility index (Phi) is 3.66. The molecule has 1 aliphatic heterocycles. The van der Waals surface area contributed by atoms with Crippen molar-refractivity contribution < 1.29 is 9.59 Å². The smallest absolute Gasteiger partial charge is 0.223 e. The van der Waals surface area contributed by atoms with Crippen LogP contribution in [0.2, 0.25) is 0 Å². The maximum absolute atomic E-state index is 12.7. The van der Waals surface area contributed by atoms with Gasteiger partial charge in [-0.1, -0.05) is 0 Å². The van der Waals surface area contributed by atoms with Crippen LogP contribution in [0.1, 0.15) is 51.9 Å². The number of hydrogen-bond acceptors (Lipinski definition) is 2. The third-order valence-electron chi connectivity index (χ3n) is 6.85. The van der Waals surface area contributed by atoms with E-state index in [1.165, 1.54) is 32.1 Å². The van der Waals surface area contributed by atoms with Gasteiger partial charge < -0.3 is 10.2 Å². The van der Waals surface area contributed by atoms with Crippen LogP contribution >= 0.6 is 0 Å². The average Bonchev–Trinajstić information content (AvgIpc) is 2.50. The van der Waals surface area contributed by atoms with E-state index in [1.807, 2.05) is 4.90 Å². The summed E-state index contributed by atoms with van der Waals surface area (Å²) in [5, 5.41) is 3.43. The van der Waals surface area contributed by atoms with Crippen molar-refractivity contribution in [1.29, 1.82) is 0 Å². The molecule has 0 spiro atoms. The fourth-order valence-electron chi connectivity index (χ4n) is 5.90. The molecule has 4 heteroatoms. The molecule has 0 unspecified atom stereocenters. The second kappa shape index (κ2) is 5.54. The van der Waals surface area contributed by atoms with Gasteiger partial charge in [0.15, 0.2) is 0 Å². The molecule has 5 rings (SSSR count). The minimum Gasteiger partial charge on any atom is -0.353 e.